The maximum absolute atomic E-state index is 12.7. The Bertz CT molecular complexity index is 1220. The maximum Gasteiger partial charge on any atom is 0.341 e. The second-order valence-electron chi connectivity index (χ2n) is 7.55. The Kier molecular flexibility index (Phi) is 7.42. The average molecular weight is 503 g/mol. The Morgan fingerprint density at radius 2 is 1.97 bits per heavy atom. The highest BCUT2D eigenvalue weighted by Gasteiger charge is 2.28. The fourth-order valence-electron chi connectivity index (χ4n) is 3.87. The van der Waals surface area contributed by atoms with Gasteiger partial charge in [-0.1, -0.05) is 11.8 Å². The minimum atomic E-state index is -0.377. The number of nitrogens with zero attached hydrogens (tertiary/aromatic N) is 3. The average Bonchev–Trinajstić information content (AvgIpc) is 3.52. The zero-order valence-electron chi connectivity index (χ0n) is 19.5. The summed E-state index contributed by atoms with van der Waals surface area (Å²) in [6, 6.07) is 5.51. The van der Waals surface area contributed by atoms with Gasteiger partial charge in [0.2, 0.25) is 5.91 Å². The van der Waals surface area contributed by atoms with Gasteiger partial charge in [0, 0.05) is 17.5 Å². The molecule has 0 fully saturated rings. The molecule has 9 nitrogen and oxygen atoms in total. The van der Waals surface area contributed by atoms with Gasteiger partial charge in [0.25, 0.3) is 0 Å². The molecule has 1 aliphatic rings. The molecule has 180 valence electrons. The summed E-state index contributed by atoms with van der Waals surface area (Å²) < 4.78 is 17.7. The summed E-state index contributed by atoms with van der Waals surface area (Å²) in [7, 11) is 5.00. The first kappa shape index (κ1) is 24.1. The van der Waals surface area contributed by atoms with Crippen LogP contribution in [0.3, 0.4) is 0 Å². The largest absolute Gasteiger partial charge is 0.493 e. The number of carbonyl (C=O) groups is 2. The number of benzene rings is 1. The number of anilines is 1. The van der Waals surface area contributed by atoms with Gasteiger partial charge >= 0.3 is 5.97 Å². The minimum Gasteiger partial charge on any atom is -0.493 e. The molecule has 0 bridgehead atoms. The van der Waals surface area contributed by atoms with E-state index in [1.807, 2.05) is 29.8 Å². The zero-order chi connectivity index (χ0) is 24.2. The number of nitrogens with one attached hydrogen (secondary N) is 1. The van der Waals surface area contributed by atoms with Crippen LogP contribution in [-0.2, 0) is 29.4 Å². The summed E-state index contributed by atoms with van der Waals surface area (Å²) in [6.45, 7) is 2.07. The SMILES string of the molecule is CCOC(=O)c1c(NC(=O)CSc2nnc(-c3ccc(OC)c(OC)c3)n2C)sc2c1CCC2. The van der Waals surface area contributed by atoms with Crippen molar-refractivity contribution >= 4 is 40.0 Å². The van der Waals surface area contributed by atoms with Crippen LogP contribution in [0.2, 0.25) is 0 Å². The van der Waals surface area contributed by atoms with Crippen molar-refractivity contribution in [1.29, 1.82) is 0 Å². The van der Waals surface area contributed by atoms with E-state index in [1.54, 1.807) is 21.1 Å². The fourth-order valence-corrected chi connectivity index (χ4v) is 5.88. The Hall–Kier alpha value is -3.05. The number of aryl methyl sites for hydroxylation is 1. The summed E-state index contributed by atoms with van der Waals surface area (Å²) in [6.07, 6.45) is 2.78. The Balaban J connectivity index is 1.45. The molecule has 1 aliphatic carbocycles. The molecule has 4 rings (SSSR count). The highest BCUT2D eigenvalue weighted by atomic mass is 32.2. The van der Waals surface area contributed by atoms with E-state index in [9.17, 15) is 9.59 Å². The smallest absolute Gasteiger partial charge is 0.341 e. The van der Waals surface area contributed by atoms with Crippen molar-refractivity contribution in [2.24, 2.45) is 7.05 Å². The molecule has 0 saturated heterocycles. The number of methoxy groups -OCH3 is 2. The molecule has 3 aromatic rings. The second-order valence-corrected chi connectivity index (χ2v) is 9.60. The van der Waals surface area contributed by atoms with E-state index in [2.05, 4.69) is 15.5 Å². The van der Waals surface area contributed by atoms with Gasteiger partial charge in [0.1, 0.15) is 5.00 Å². The van der Waals surface area contributed by atoms with Gasteiger partial charge in [0.05, 0.1) is 32.1 Å². The lowest BCUT2D eigenvalue weighted by Gasteiger charge is -2.10. The Labute approximate surface area is 205 Å². The van der Waals surface area contributed by atoms with Crippen LogP contribution < -0.4 is 14.8 Å². The van der Waals surface area contributed by atoms with Crippen LogP contribution in [0.25, 0.3) is 11.4 Å². The van der Waals surface area contributed by atoms with Gasteiger partial charge in [-0.05, 0) is 49.9 Å². The number of ether oxygens (including phenoxy) is 3. The maximum atomic E-state index is 12.7. The Morgan fingerprint density at radius 3 is 2.71 bits per heavy atom. The van der Waals surface area contributed by atoms with Crippen molar-refractivity contribution in [3.63, 3.8) is 0 Å². The van der Waals surface area contributed by atoms with Crippen LogP contribution in [0.5, 0.6) is 11.5 Å². The topological polar surface area (TPSA) is 105 Å². The van der Waals surface area contributed by atoms with Gasteiger partial charge in [-0.15, -0.1) is 21.5 Å². The van der Waals surface area contributed by atoms with Gasteiger partial charge in [-0.25, -0.2) is 4.79 Å². The predicted molar refractivity (Wildman–Crippen MR) is 131 cm³/mol. The number of fused-ring (bicyclic) bond motifs is 1. The lowest BCUT2D eigenvalue weighted by molar-refractivity contribution is -0.113. The number of carbonyl (C=O) groups excluding carboxylic acids is 2. The van der Waals surface area contributed by atoms with Crippen molar-refractivity contribution in [2.45, 2.75) is 31.3 Å². The molecule has 0 atom stereocenters. The number of amides is 1. The summed E-state index contributed by atoms with van der Waals surface area (Å²) >= 11 is 2.74. The summed E-state index contributed by atoms with van der Waals surface area (Å²) in [5.74, 6) is 1.40. The van der Waals surface area contributed by atoms with Crippen molar-refractivity contribution in [2.75, 3.05) is 31.9 Å². The lowest BCUT2D eigenvalue weighted by Crippen LogP contribution is -2.17. The summed E-state index contributed by atoms with van der Waals surface area (Å²) in [4.78, 5) is 26.4. The summed E-state index contributed by atoms with van der Waals surface area (Å²) in [5.41, 5.74) is 2.34. The predicted octanol–water partition coefficient (Wildman–Crippen LogP) is 3.96. The molecule has 34 heavy (non-hydrogen) atoms. The van der Waals surface area contributed by atoms with E-state index in [0.717, 1.165) is 35.3 Å². The van der Waals surface area contributed by atoms with Crippen LogP contribution in [0.15, 0.2) is 23.4 Å². The van der Waals surface area contributed by atoms with Gasteiger partial charge in [-0.2, -0.15) is 0 Å². The minimum absolute atomic E-state index is 0.128. The first-order valence-corrected chi connectivity index (χ1v) is 12.6. The Morgan fingerprint density at radius 1 is 1.18 bits per heavy atom. The van der Waals surface area contributed by atoms with Gasteiger partial charge < -0.3 is 24.1 Å². The fraction of sp³-hybridized carbons (Fsp3) is 0.391. The summed E-state index contributed by atoms with van der Waals surface area (Å²) in [5, 5.41) is 12.6. The first-order chi connectivity index (χ1) is 16.5. The number of thiophene rings is 1. The molecule has 2 aromatic heterocycles. The van der Waals surface area contributed by atoms with E-state index >= 15 is 0 Å². The third-order valence-electron chi connectivity index (χ3n) is 5.46. The molecular weight excluding hydrogens is 476 g/mol. The molecule has 0 aliphatic heterocycles. The normalized spacial score (nSPS) is 12.4. The van der Waals surface area contributed by atoms with Crippen LogP contribution in [0.4, 0.5) is 5.00 Å². The van der Waals surface area contributed by atoms with Gasteiger partial charge in [-0.3, -0.25) is 4.79 Å². The number of rotatable bonds is 9. The second kappa shape index (κ2) is 10.5. The molecule has 1 N–H and O–H groups in total. The van der Waals surface area contributed by atoms with Crippen molar-refractivity contribution < 1.29 is 23.8 Å². The third-order valence-corrected chi connectivity index (χ3v) is 7.69. The van der Waals surface area contributed by atoms with E-state index in [0.29, 0.717) is 39.7 Å². The number of aromatic nitrogens is 3. The number of esters is 1. The molecule has 11 heteroatoms. The molecule has 1 aromatic carbocycles. The van der Waals surface area contributed by atoms with Crippen molar-refractivity contribution in [3.05, 3.63) is 34.2 Å². The number of hydrogen-bond acceptors (Lipinski definition) is 9. The highest BCUT2D eigenvalue weighted by Crippen LogP contribution is 2.39. The van der Waals surface area contributed by atoms with E-state index in [-0.39, 0.29) is 17.6 Å². The van der Waals surface area contributed by atoms with E-state index < -0.39 is 0 Å². The highest BCUT2D eigenvalue weighted by molar-refractivity contribution is 7.99. The lowest BCUT2D eigenvalue weighted by atomic mass is 10.1. The third kappa shape index (κ3) is 4.76. The zero-order valence-corrected chi connectivity index (χ0v) is 21.1. The van der Waals surface area contributed by atoms with Crippen LogP contribution in [-0.4, -0.2) is 53.2 Å². The molecule has 1 amide bonds. The van der Waals surface area contributed by atoms with Gasteiger partial charge in [0.15, 0.2) is 22.5 Å². The van der Waals surface area contributed by atoms with Crippen LogP contribution in [0, 0.1) is 0 Å². The van der Waals surface area contributed by atoms with Crippen LogP contribution in [0.1, 0.15) is 34.1 Å². The quantitative estimate of drug-likeness (QED) is 0.346. The van der Waals surface area contributed by atoms with Crippen LogP contribution >= 0.6 is 23.1 Å². The molecule has 0 unspecified atom stereocenters. The molecule has 0 spiro atoms. The van der Waals surface area contributed by atoms with E-state index in [4.69, 9.17) is 14.2 Å². The van der Waals surface area contributed by atoms with Crippen molar-refractivity contribution in [3.8, 4) is 22.9 Å². The molecular formula is C23H26N4O5S2. The number of thioether (sulfide) groups is 1. The van der Waals surface area contributed by atoms with E-state index in [1.165, 1.54) is 23.1 Å². The molecule has 0 radical (unpaired) electrons. The standard InChI is InChI=1S/C23H26N4O5S2/c1-5-32-22(29)19-14-7-6-8-17(14)34-21(19)24-18(28)12-33-23-26-25-20(27(23)2)13-9-10-15(30-3)16(11-13)31-4/h9-11H,5-8,12H2,1-4H3,(H,24,28). The molecule has 2 heterocycles. The molecule has 0 saturated carbocycles. The van der Waals surface area contributed by atoms with Crippen molar-refractivity contribution in [1.82, 2.24) is 14.8 Å². The monoisotopic (exact) mass is 502 g/mol. The first-order valence-electron chi connectivity index (χ1n) is 10.8. The number of hydrogen-bond donors (Lipinski definition) is 1.